The van der Waals surface area contributed by atoms with Gasteiger partial charge in [0, 0.05) is 16.6 Å². The molecule has 2 rings (SSSR count). The van der Waals surface area contributed by atoms with Gasteiger partial charge in [-0.15, -0.1) is 0 Å². The van der Waals surface area contributed by atoms with E-state index in [4.69, 9.17) is 14.2 Å². The maximum absolute atomic E-state index is 5.47. The lowest BCUT2D eigenvalue weighted by Crippen LogP contribution is -2.17. The molecule has 0 amide bonds. The fourth-order valence-electron chi connectivity index (χ4n) is 2.49. The molecule has 2 aromatic rings. The highest BCUT2D eigenvalue weighted by atomic mass is 79.9. The summed E-state index contributed by atoms with van der Waals surface area (Å²) in [5.74, 6) is 2.42. The van der Waals surface area contributed by atoms with Crippen LogP contribution in [-0.2, 0) is 13.0 Å². The minimum absolute atomic E-state index is 0.703. The molecule has 0 bridgehead atoms. The summed E-state index contributed by atoms with van der Waals surface area (Å²) in [7, 11) is 5.00. The number of rotatable bonds is 8. The SMILES string of the molecule is COc1ccccc1CCNCc1cc(Br)cc(OC)c1OC. The third kappa shape index (κ3) is 4.62. The summed E-state index contributed by atoms with van der Waals surface area (Å²) in [6.45, 7) is 1.55. The highest BCUT2D eigenvalue weighted by Crippen LogP contribution is 2.34. The van der Waals surface area contributed by atoms with E-state index < -0.39 is 0 Å². The van der Waals surface area contributed by atoms with E-state index in [0.717, 1.165) is 40.3 Å². The van der Waals surface area contributed by atoms with Crippen LogP contribution in [0, 0.1) is 0 Å². The number of hydrogen-bond donors (Lipinski definition) is 1. The molecule has 4 nitrogen and oxygen atoms in total. The van der Waals surface area contributed by atoms with Crippen LogP contribution >= 0.6 is 15.9 Å². The monoisotopic (exact) mass is 379 g/mol. The van der Waals surface area contributed by atoms with E-state index in [9.17, 15) is 0 Å². The molecular formula is C18H22BrNO3. The number of halogens is 1. The molecule has 0 heterocycles. The molecule has 0 saturated carbocycles. The van der Waals surface area contributed by atoms with Crippen LogP contribution in [-0.4, -0.2) is 27.9 Å². The van der Waals surface area contributed by atoms with Crippen molar-refractivity contribution < 1.29 is 14.2 Å². The maximum Gasteiger partial charge on any atom is 0.165 e. The third-order valence-electron chi connectivity index (χ3n) is 3.60. The molecule has 0 spiro atoms. The van der Waals surface area contributed by atoms with Crippen LogP contribution in [0.3, 0.4) is 0 Å². The van der Waals surface area contributed by atoms with Crippen LogP contribution in [0.15, 0.2) is 40.9 Å². The summed E-state index contributed by atoms with van der Waals surface area (Å²) in [6, 6.07) is 12.0. The molecule has 0 atom stereocenters. The summed E-state index contributed by atoms with van der Waals surface area (Å²) in [5.41, 5.74) is 2.25. The van der Waals surface area contributed by atoms with Crippen molar-refractivity contribution in [2.75, 3.05) is 27.9 Å². The molecule has 0 aliphatic carbocycles. The molecule has 0 saturated heterocycles. The molecule has 0 radical (unpaired) electrons. The Morgan fingerprint density at radius 2 is 1.65 bits per heavy atom. The first-order valence-corrected chi connectivity index (χ1v) is 8.22. The summed E-state index contributed by atoms with van der Waals surface area (Å²) in [5, 5.41) is 3.44. The number of benzene rings is 2. The van der Waals surface area contributed by atoms with Crippen LogP contribution in [0.4, 0.5) is 0 Å². The second-order valence-corrected chi connectivity index (χ2v) is 5.95. The summed E-state index contributed by atoms with van der Waals surface area (Å²) >= 11 is 3.50. The number of para-hydroxylation sites is 1. The van der Waals surface area contributed by atoms with Gasteiger partial charge in [-0.25, -0.2) is 0 Å². The molecule has 0 aromatic heterocycles. The van der Waals surface area contributed by atoms with Gasteiger partial charge in [0.25, 0.3) is 0 Å². The molecule has 124 valence electrons. The first kappa shape index (κ1) is 17.6. The summed E-state index contributed by atoms with van der Waals surface area (Å²) in [4.78, 5) is 0. The third-order valence-corrected chi connectivity index (χ3v) is 4.06. The quantitative estimate of drug-likeness (QED) is 0.707. The highest BCUT2D eigenvalue weighted by molar-refractivity contribution is 9.10. The van der Waals surface area contributed by atoms with Gasteiger partial charge in [0.1, 0.15) is 5.75 Å². The van der Waals surface area contributed by atoms with Gasteiger partial charge in [-0.1, -0.05) is 34.1 Å². The Balaban J connectivity index is 1.97. The van der Waals surface area contributed by atoms with Crippen molar-refractivity contribution in [2.24, 2.45) is 0 Å². The molecular weight excluding hydrogens is 358 g/mol. The average Bonchev–Trinajstić information content (AvgIpc) is 2.58. The van der Waals surface area contributed by atoms with Crippen molar-refractivity contribution in [3.63, 3.8) is 0 Å². The Morgan fingerprint density at radius 1 is 0.913 bits per heavy atom. The van der Waals surface area contributed by atoms with Gasteiger partial charge in [-0.3, -0.25) is 0 Å². The normalized spacial score (nSPS) is 10.4. The van der Waals surface area contributed by atoms with Crippen molar-refractivity contribution in [3.05, 3.63) is 52.0 Å². The van der Waals surface area contributed by atoms with E-state index >= 15 is 0 Å². The summed E-state index contributed by atoms with van der Waals surface area (Å²) < 4.78 is 17.2. The first-order chi connectivity index (χ1) is 11.2. The van der Waals surface area contributed by atoms with Crippen molar-refractivity contribution in [1.29, 1.82) is 0 Å². The van der Waals surface area contributed by atoms with E-state index in [-0.39, 0.29) is 0 Å². The minimum atomic E-state index is 0.703. The fourth-order valence-corrected chi connectivity index (χ4v) is 2.98. The Hall–Kier alpha value is -1.72. The molecule has 0 fully saturated rings. The molecule has 2 aromatic carbocycles. The average molecular weight is 380 g/mol. The number of hydrogen-bond acceptors (Lipinski definition) is 4. The fraction of sp³-hybridized carbons (Fsp3) is 0.333. The van der Waals surface area contributed by atoms with Gasteiger partial charge in [0.15, 0.2) is 11.5 Å². The van der Waals surface area contributed by atoms with E-state index in [1.807, 2.05) is 30.3 Å². The predicted molar refractivity (Wildman–Crippen MR) is 95.7 cm³/mol. The molecule has 5 heteroatoms. The highest BCUT2D eigenvalue weighted by Gasteiger charge is 2.11. The zero-order valence-electron chi connectivity index (χ0n) is 13.7. The van der Waals surface area contributed by atoms with Gasteiger partial charge in [0.2, 0.25) is 0 Å². The first-order valence-electron chi connectivity index (χ1n) is 7.42. The standard InChI is InChI=1S/C18H22BrNO3/c1-21-16-7-5-4-6-13(16)8-9-20-12-14-10-15(19)11-17(22-2)18(14)23-3/h4-7,10-11,20H,8-9,12H2,1-3H3. The zero-order valence-corrected chi connectivity index (χ0v) is 15.3. The predicted octanol–water partition coefficient (Wildman–Crippen LogP) is 3.81. The van der Waals surface area contributed by atoms with Gasteiger partial charge < -0.3 is 19.5 Å². The Bertz CT molecular complexity index is 646. The molecule has 0 unspecified atom stereocenters. The second kappa shape index (κ2) is 8.79. The largest absolute Gasteiger partial charge is 0.496 e. The number of nitrogens with one attached hydrogen (secondary N) is 1. The lowest BCUT2D eigenvalue weighted by atomic mass is 10.1. The Kier molecular flexibility index (Phi) is 6.74. The Morgan fingerprint density at radius 3 is 2.35 bits per heavy atom. The van der Waals surface area contributed by atoms with Crippen LogP contribution in [0.25, 0.3) is 0 Å². The minimum Gasteiger partial charge on any atom is -0.496 e. The van der Waals surface area contributed by atoms with Crippen LogP contribution in [0.2, 0.25) is 0 Å². The second-order valence-electron chi connectivity index (χ2n) is 5.04. The zero-order chi connectivity index (χ0) is 16.7. The van der Waals surface area contributed by atoms with E-state index in [2.05, 4.69) is 27.3 Å². The molecule has 23 heavy (non-hydrogen) atoms. The lowest BCUT2D eigenvalue weighted by molar-refractivity contribution is 0.350. The maximum atomic E-state index is 5.47. The van der Waals surface area contributed by atoms with Crippen LogP contribution < -0.4 is 19.5 Å². The lowest BCUT2D eigenvalue weighted by Gasteiger charge is -2.14. The van der Waals surface area contributed by atoms with Gasteiger partial charge in [-0.2, -0.15) is 0 Å². The number of methoxy groups -OCH3 is 3. The summed E-state index contributed by atoms with van der Waals surface area (Å²) in [6.07, 6.45) is 0.900. The van der Waals surface area contributed by atoms with Crippen molar-refractivity contribution in [2.45, 2.75) is 13.0 Å². The topological polar surface area (TPSA) is 39.7 Å². The Labute approximate surface area is 145 Å². The molecule has 1 N–H and O–H groups in total. The van der Waals surface area contributed by atoms with Crippen molar-refractivity contribution in [3.8, 4) is 17.2 Å². The van der Waals surface area contributed by atoms with Crippen molar-refractivity contribution >= 4 is 15.9 Å². The van der Waals surface area contributed by atoms with Crippen molar-refractivity contribution in [1.82, 2.24) is 5.32 Å². The van der Waals surface area contributed by atoms with Crippen LogP contribution in [0.1, 0.15) is 11.1 Å². The van der Waals surface area contributed by atoms with Gasteiger partial charge in [0.05, 0.1) is 21.3 Å². The van der Waals surface area contributed by atoms with Gasteiger partial charge >= 0.3 is 0 Å². The van der Waals surface area contributed by atoms with E-state index in [0.29, 0.717) is 6.54 Å². The van der Waals surface area contributed by atoms with Gasteiger partial charge in [-0.05, 0) is 36.7 Å². The van der Waals surface area contributed by atoms with Crippen LogP contribution in [0.5, 0.6) is 17.2 Å². The molecule has 0 aliphatic rings. The van der Waals surface area contributed by atoms with E-state index in [1.165, 1.54) is 5.56 Å². The smallest absolute Gasteiger partial charge is 0.165 e. The van der Waals surface area contributed by atoms with E-state index in [1.54, 1.807) is 21.3 Å². The number of ether oxygens (including phenoxy) is 3. The molecule has 0 aliphatic heterocycles.